The van der Waals surface area contributed by atoms with Crippen molar-refractivity contribution in [1.82, 2.24) is 0 Å². The van der Waals surface area contributed by atoms with Crippen LogP contribution in [0.2, 0.25) is 0 Å². The Morgan fingerprint density at radius 2 is 0.554 bits per heavy atom. The second-order valence-corrected chi connectivity index (χ2v) is 19.5. The highest BCUT2D eigenvalue weighted by Gasteiger charge is 2.19. The van der Waals surface area contributed by atoms with Gasteiger partial charge in [-0.2, -0.15) is 0 Å². The van der Waals surface area contributed by atoms with Gasteiger partial charge in [-0.25, -0.2) is 0 Å². The lowest BCUT2D eigenvalue weighted by Gasteiger charge is -2.18. The van der Waals surface area contributed by atoms with Crippen molar-refractivity contribution < 1.29 is 28.6 Å². The summed E-state index contributed by atoms with van der Waals surface area (Å²) >= 11 is 0. The first-order valence-corrected chi connectivity index (χ1v) is 30.2. The average molecular weight is 1020 g/mol. The Balaban J connectivity index is 4.56. The zero-order valence-corrected chi connectivity index (χ0v) is 47.8. The van der Waals surface area contributed by atoms with Gasteiger partial charge in [-0.1, -0.05) is 276 Å². The number of rotatable bonds is 53. The van der Waals surface area contributed by atoms with Gasteiger partial charge in [0.25, 0.3) is 0 Å². The SMILES string of the molecule is CC/C=C\C/C=C\C/C=C\C/C=C\C/C=C\C/C=C\CCC(=O)OC(COC(=O)CCC/C=C\C/C=C\C/C=C\C/C=C\C/C=C\CC)COC(=O)CCCCCCCCCCCCCCCCCCCCCC. The summed E-state index contributed by atoms with van der Waals surface area (Å²) in [6.45, 7) is 6.31. The molecule has 0 aromatic carbocycles. The zero-order chi connectivity index (χ0) is 53.6. The van der Waals surface area contributed by atoms with E-state index >= 15 is 0 Å². The van der Waals surface area contributed by atoms with E-state index in [1.54, 1.807) is 0 Å². The Bertz CT molecular complexity index is 1600. The number of carbonyl (C=O) groups is 3. The van der Waals surface area contributed by atoms with Crippen LogP contribution in [0.25, 0.3) is 0 Å². The lowest BCUT2D eigenvalue weighted by atomic mass is 10.0. The van der Waals surface area contributed by atoms with Crippen LogP contribution in [0.15, 0.2) is 134 Å². The summed E-state index contributed by atoms with van der Waals surface area (Å²) in [7, 11) is 0. The third kappa shape index (κ3) is 58.4. The van der Waals surface area contributed by atoms with Crippen molar-refractivity contribution in [2.24, 2.45) is 0 Å². The number of allylic oxidation sites excluding steroid dienone is 22. The van der Waals surface area contributed by atoms with E-state index in [-0.39, 0.29) is 38.0 Å². The van der Waals surface area contributed by atoms with E-state index < -0.39 is 12.1 Å². The first-order chi connectivity index (χ1) is 36.5. The Morgan fingerprint density at radius 3 is 0.878 bits per heavy atom. The second kappa shape index (κ2) is 61.1. The minimum absolute atomic E-state index is 0.128. The number of ether oxygens (including phenoxy) is 3. The van der Waals surface area contributed by atoms with Gasteiger partial charge in [0.15, 0.2) is 6.10 Å². The monoisotopic (exact) mass is 1020 g/mol. The molecule has 0 aliphatic carbocycles. The molecule has 6 nitrogen and oxygen atoms in total. The average Bonchev–Trinajstić information content (AvgIpc) is 3.40. The summed E-state index contributed by atoms with van der Waals surface area (Å²) in [4.78, 5) is 38.2. The van der Waals surface area contributed by atoms with E-state index in [0.717, 1.165) is 96.3 Å². The van der Waals surface area contributed by atoms with Gasteiger partial charge < -0.3 is 14.2 Å². The summed E-state index contributed by atoms with van der Waals surface area (Å²) in [6, 6.07) is 0. The first-order valence-electron chi connectivity index (χ1n) is 30.2. The molecule has 0 N–H and O–H groups in total. The number of unbranched alkanes of at least 4 members (excludes halogenated alkanes) is 20. The molecule has 6 heteroatoms. The van der Waals surface area contributed by atoms with Gasteiger partial charge in [-0.15, -0.1) is 0 Å². The van der Waals surface area contributed by atoms with Gasteiger partial charge >= 0.3 is 17.9 Å². The third-order valence-corrected chi connectivity index (χ3v) is 12.4. The van der Waals surface area contributed by atoms with Crippen LogP contribution in [0.4, 0.5) is 0 Å². The molecule has 0 aliphatic heterocycles. The fourth-order valence-corrected chi connectivity index (χ4v) is 7.98. The van der Waals surface area contributed by atoms with Crippen LogP contribution in [0.1, 0.15) is 258 Å². The van der Waals surface area contributed by atoms with Crippen LogP contribution in [-0.2, 0) is 28.6 Å². The van der Waals surface area contributed by atoms with E-state index in [1.165, 1.54) is 109 Å². The molecule has 0 saturated heterocycles. The van der Waals surface area contributed by atoms with Gasteiger partial charge in [0.2, 0.25) is 0 Å². The predicted molar refractivity (Wildman–Crippen MR) is 320 cm³/mol. The highest BCUT2D eigenvalue weighted by atomic mass is 16.6. The largest absolute Gasteiger partial charge is 0.462 e. The van der Waals surface area contributed by atoms with Crippen LogP contribution in [0.3, 0.4) is 0 Å². The molecule has 0 aliphatic rings. The zero-order valence-electron chi connectivity index (χ0n) is 47.8. The molecule has 0 spiro atoms. The Hall–Kier alpha value is -4.45. The van der Waals surface area contributed by atoms with Crippen LogP contribution < -0.4 is 0 Å². The van der Waals surface area contributed by atoms with Crippen molar-refractivity contribution >= 4 is 17.9 Å². The molecule has 0 amide bonds. The number of carbonyl (C=O) groups excluding carboxylic acids is 3. The fraction of sp³-hybridized carbons (Fsp3) is 0.632. The van der Waals surface area contributed by atoms with Crippen molar-refractivity contribution in [3.8, 4) is 0 Å². The minimum Gasteiger partial charge on any atom is -0.462 e. The van der Waals surface area contributed by atoms with Crippen LogP contribution >= 0.6 is 0 Å². The molecule has 0 saturated carbocycles. The molecule has 0 radical (unpaired) electrons. The van der Waals surface area contributed by atoms with E-state index in [9.17, 15) is 14.4 Å². The normalized spacial score (nSPS) is 13.1. The maximum atomic E-state index is 12.8. The molecule has 418 valence electrons. The molecule has 0 aromatic rings. The third-order valence-electron chi connectivity index (χ3n) is 12.4. The standard InChI is InChI=1S/C68H110O6/c1-4-7-10-13-16-19-22-25-28-31-33-35-37-40-43-46-49-52-55-58-61-67(70)73-64-65(63-72-66(69)60-57-54-51-48-45-42-39-36-30-27-24-21-18-15-12-9-6-3)74-68(71)62-59-56-53-50-47-44-41-38-34-32-29-26-23-20-17-14-11-8-5-2/h8-9,11-12,17-18,20-21,26-27,29-30,34,38-39,42,44,47-48,51,53,56,65H,4-7,10,13-16,19,22-25,28,31-33,35-37,40-41,43,45-46,49-50,52,54-55,57-64H2,1-3H3/b11-8-,12-9-,20-17-,21-18-,29-26-,30-27-,38-34-,42-39-,47-44-,51-48-,56-53-. The molecule has 1 atom stereocenters. The molecule has 74 heavy (non-hydrogen) atoms. The molecule has 0 fully saturated rings. The second-order valence-electron chi connectivity index (χ2n) is 19.5. The lowest BCUT2D eigenvalue weighted by molar-refractivity contribution is -0.166. The van der Waals surface area contributed by atoms with E-state index in [1.807, 2.05) is 12.2 Å². The molecular formula is C68H110O6. The molecule has 1 unspecified atom stereocenters. The molecule has 0 rings (SSSR count). The van der Waals surface area contributed by atoms with Gasteiger partial charge in [-0.3, -0.25) is 14.4 Å². The number of hydrogen-bond acceptors (Lipinski definition) is 6. The van der Waals surface area contributed by atoms with E-state index in [2.05, 4.69) is 142 Å². The van der Waals surface area contributed by atoms with Gasteiger partial charge in [0, 0.05) is 19.3 Å². The van der Waals surface area contributed by atoms with Gasteiger partial charge in [0.05, 0.1) is 0 Å². The van der Waals surface area contributed by atoms with Crippen molar-refractivity contribution in [3.63, 3.8) is 0 Å². The van der Waals surface area contributed by atoms with Gasteiger partial charge in [-0.05, 0) is 96.3 Å². The van der Waals surface area contributed by atoms with Gasteiger partial charge in [0.1, 0.15) is 13.2 Å². The van der Waals surface area contributed by atoms with Crippen LogP contribution in [0, 0.1) is 0 Å². The maximum Gasteiger partial charge on any atom is 0.306 e. The van der Waals surface area contributed by atoms with Crippen molar-refractivity contribution in [2.75, 3.05) is 13.2 Å². The summed E-state index contributed by atoms with van der Waals surface area (Å²) in [6.07, 6.45) is 86.1. The van der Waals surface area contributed by atoms with E-state index in [0.29, 0.717) is 19.3 Å². The summed E-state index contributed by atoms with van der Waals surface area (Å²) < 4.78 is 16.8. The fourth-order valence-electron chi connectivity index (χ4n) is 7.98. The van der Waals surface area contributed by atoms with Crippen molar-refractivity contribution in [3.05, 3.63) is 134 Å². The molecular weight excluding hydrogens is 913 g/mol. The Morgan fingerprint density at radius 1 is 0.284 bits per heavy atom. The molecule has 0 heterocycles. The Kier molecular flexibility index (Phi) is 57.4. The Labute approximate surface area is 455 Å². The van der Waals surface area contributed by atoms with Crippen LogP contribution in [-0.4, -0.2) is 37.2 Å². The van der Waals surface area contributed by atoms with Crippen molar-refractivity contribution in [2.45, 2.75) is 264 Å². The number of hydrogen-bond donors (Lipinski definition) is 0. The predicted octanol–water partition coefficient (Wildman–Crippen LogP) is 20.6. The molecule has 0 aromatic heterocycles. The highest BCUT2D eigenvalue weighted by Crippen LogP contribution is 2.16. The van der Waals surface area contributed by atoms with Crippen molar-refractivity contribution in [1.29, 1.82) is 0 Å². The topological polar surface area (TPSA) is 78.9 Å². The molecule has 0 bridgehead atoms. The number of esters is 3. The smallest absolute Gasteiger partial charge is 0.306 e. The van der Waals surface area contributed by atoms with E-state index in [4.69, 9.17) is 14.2 Å². The highest BCUT2D eigenvalue weighted by molar-refractivity contribution is 5.71. The minimum atomic E-state index is -0.846. The maximum absolute atomic E-state index is 12.8. The summed E-state index contributed by atoms with van der Waals surface area (Å²) in [5.41, 5.74) is 0. The van der Waals surface area contributed by atoms with Crippen LogP contribution in [0.5, 0.6) is 0 Å². The summed E-state index contributed by atoms with van der Waals surface area (Å²) in [5.74, 6) is -1.07. The first kappa shape index (κ1) is 69.5. The summed E-state index contributed by atoms with van der Waals surface area (Å²) in [5, 5.41) is 0. The quantitative estimate of drug-likeness (QED) is 0.0261. The lowest BCUT2D eigenvalue weighted by Crippen LogP contribution is -2.30.